The van der Waals surface area contributed by atoms with Gasteiger partial charge in [-0.3, -0.25) is 4.57 Å². The Morgan fingerprint density at radius 3 is 1.79 bits per heavy atom. The topological polar surface area (TPSA) is 30.7 Å². The molecular weight excluding hydrogens is 234 g/mol. The van der Waals surface area contributed by atoms with Crippen molar-refractivity contribution in [2.45, 2.75) is 0 Å². The third-order valence-corrected chi connectivity index (χ3v) is 3.30. The van der Waals surface area contributed by atoms with Crippen LogP contribution < -0.4 is 0 Å². The summed E-state index contributed by atoms with van der Waals surface area (Å²) in [5, 5.41) is 2.27. The van der Waals surface area contributed by atoms with Crippen LogP contribution in [0, 0.1) is 0 Å². The van der Waals surface area contributed by atoms with Crippen molar-refractivity contribution >= 4 is 22.1 Å². The van der Waals surface area contributed by atoms with Gasteiger partial charge in [0.05, 0.1) is 0 Å². The van der Waals surface area contributed by atoms with Gasteiger partial charge in [-0.1, -0.05) is 18.2 Å². The lowest BCUT2D eigenvalue weighted by molar-refractivity contribution is 1.10. The molecule has 0 N–H and O–H groups in total. The molecule has 3 nitrogen and oxygen atoms in total. The third-order valence-electron chi connectivity index (χ3n) is 3.30. The van der Waals surface area contributed by atoms with Crippen LogP contribution >= 0.6 is 0 Å². The fourth-order valence-corrected chi connectivity index (χ4v) is 2.49. The van der Waals surface area contributed by atoms with Crippen LogP contribution in [0.1, 0.15) is 0 Å². The maximum Gasteiger partial charge on any atom is 0.146 e. The molecule has 90 valence electrons. The van der Waals surface area contributed by atoms with E-state index in [0.29, 0.717) is 0 Å². The van der Waals surface area contributed by atoms with Crippen LogP contribution in [0.5, 0.6) is 0 Å². The Bertz CT molecular complexity index is 810. The largest absolute Gasteiger partial charge is 0.278 e. The number of para-hydroxylation sites is 1. The molecule has 4 aromatic rings. The summed E-state index contributed by atoms with van der Waals surface area (Å²) in [6.45, 7) is 0. The van der Waals surface area contributed by atoms with Crippen LogP contribution in [0.15, 0.2) is 67.0 Å². The summed E-state index contributed by atoms with van der Waals surface area (Å²) in [6, 6.07) is 18.3. The first-order chi connectivity index (χ1) is 9.45. The van der Waals surface area contributed by atoms with Crippen molar-refractivity contribution in [1.82, 2.24) is 14.5 Å². The average Bonchev–Trinajstić information content (AvgIpc) is 2.83. The number of pyridine rings is 2. The van der Waals surface area contributed by atoms with E-state index >= 15 is 0 Å². The molecule has 3 heterocycles. The molecule has 0 aliphatic rings. The highest BCUT2D eigenvalue weighted by Crippen LogP contribution is 2.28. The van der Waals surface area contributed by atoms with Gasteiger partial charge in [0.15, 0.2) is 0 Å². The van der Waals surface area contributed by atoms with E-state index in [1.54, 1.807) is 0 Å². The molecule has 3 aromatic heterocycles. The Labute approximate surface area is 110 Å². The first-order valence-corrected chi connectivity index (χ1v) is 6.21. The zero-order valence-corrected chi connectivity index (χ0v) is 10.2. The van der Waals surface area contributed by atoms with E-state index in [4.69, 9.17) is 0 Å². The summed E-state index contributed by atoms with van der Waals surface area (Å²) in [6.07, 6.45) is 3.64. The molecule has 0 spiro atoms. The maximum atomic E-state index is 4.52. The second kappa shape index (κ2) is 3.92. The van der Waals surface area contributed by atoms with Crippen molar-refractivity contribution in [3.63, 3.8) is 0 Å². The second-order valence-corrected chi connectivity index (χ2v) is 4.42. The standard InChI is InChI=1S/C16H11N3/c1-2-6-12(7-3-1)19-15-13(8-4-10-17-15)14-9-5-11-18-16(14)19/h1-11H. The molecular formula is C16H11N3. The molecule has 4 rings (SSSR count). The lowest BCUT2D eigenvalue weighted by Gasteiger charge is -2.04. The molecule has 0 amide bonds. The van der Waals surface area contributed by atoms with E-state index in [0.717, 1.165) is 27.8 Å². The highest BCUT2D eigenvalue weighted by Gasteiger charge is 2.12. The third kappa shape index (κ3) is 1.45. The molecule has 19 heavy (non-hydrogen) atoms. The van der Waals surface area contributed by atoms with Gasteiger partial charge in [-0.05, 0) is 36.4 Å². The van der Waals surface area contributed by atoms with Crippen molar-refractivity contribution in [1.29, 1.82) is 0 Å². The molecule has 3 heteroatoms. The number of aromatic nitrogens is 3. The number of hydrogen-bond acceptors (Lipinski definition) is 2. The number of rotatable bonds is 1. The molecule has 0 saturated heterocycles. The van der Waals surface area contributed by atoms with Gasteiger partial charge in [-0.2, -0.15) is 0 Å². The Morgan fingerprint density at radius 2 is 1.21 bits per heavy atom. The van der Waals surface area contributed by atoms with Crippen molar-refractivity contribution < 1.29 is 0 Å². The van der Waals surface area contributed by atoms with Crippen LogP contribution in [0.4, 0.5) is 0 Å². The first kappa shape index (κ1) is 10.3. The molecule has 0 unspecified atom stereocenters. The minimum Gasteiger partial charge on any atom is -0.278 e. The van der Waals surface area contributed by atoms with Crippen LogP contribution in [0.2, 0.25) is 0 Å². The Morgan fingerprint density at radius 1 is 0.632 bits per heavy atom. The van der Waals surface area contributed by atoms with Gasteiger partial charge in [-0.15, -0.1) is 0 Å². The predicted molar refractivity (Wildman–Crippen MR) is 76.4 cm³/mol. The summed E-state index contributed by atoms with van der Waals surface area (Å²) < 4.78 is 2.10. The molecule has 0 radical (unpaired) electrons. The summed E-state index contributed by atoms with van der Waals surface area (Å²) >= 11 is 0. The summed E-state index contributed by atoms with van der Waals surface area (Å²) in [7, 11) is 0. The summed E-state index contributed by atoms with van der Waals surface area (Å²) in [5.41, 5.74) is 2.98. The zero-order valence-electron chi connectivity index (χ0n) is 10.2. The minimum atomic E-state index is 0.947. The predicted octanol–water partition coefficient (Wildman–Crippen LogP) is 3.57. The van der Waals surface area contributed by atoms with E-state index < -0.39 is 0 Å². The van der Waals surface area contributed by atoms with Gasteiger partial charge in [0.25, 0.3) is 0 Å². The van der Waals surface area contributed by atoms with E-state index in [1.165, 1.54) is 0 Å². The quantitative estimate of drug-likeness (QED) is 0.513. The molecule has 0 bridgehead atoms. The van der Waals surface area contributed by atoms with Crippen LogP contribution in [0.25, 0.3) is 27.8 Å². The average molecular weight is 245 g/mol. The lowest BCUT2D eigenvalue weighted by Crippen LogP contribution is -1.95. The molecule has 0 saturated carbocycles. The van der Waals surface area contributed by atoms with Crippen molar-refractivity contribution in [2.24, 2.45) is 0 Å². The fraction of sp³-hybridized carbons (Fsp3) is 0. The highest BCUT2D eigenvalue weighted by molar-refractivity contribution is 6.06. The monoisotopic (exact) mass is 245 g/mol. The van der Waals surface area contributed by atoms with E-state index in [2.05, 4.69) is 38.8 Å². The van der Waals surface area contributed by atoms with Gasteiger partial charge >= 0.3 is 0 Å². The Kier molecular flexibility index (Phi) is 2.12. The van der Waals surface area contributed by atoms with Crippen molar-refractivity contribution in [3.05, 3.63) is 67.0 Å². The summed E-state index contributed by atoms with van der Waals surface area (Å²) in [5.74, 6) is 0. The Balaban J connectivity index is 2.24. The number of nitrogens with zero attached hydrogens (tertiary/aromatic N) is 3. The Hall–Kier alpha value is -2.68. The zero-order chi connectivity index (χ0) is 12.7. The molecule has 0 aliphatic heterocycles. The minimum absolute atomic E-state index is 0.947. The second-order valence-electron chi connectivity index (χ2n) is 4.42. The van der Waals surface area contributed by atoms with Gasteiger partial charge in [-0.25, -0.2) is 9.97 Å². The smallest absolute Gasteiger partial charge is 0.146 e. The van der Waals surface area contributed by atoms with E-state index in [9.17, 15) is 0 Å². The molecule has 0 atom stereocenters. The highest BCUT2D eigenvalue weighted by atomic mass is 15.1. The number of hydrogen-bond donors (Lipinski definition) is 0. The number of fused-ring (bicyclic) bond motifs is 3. The fourth-order valence-electron chi connectivity index (χ4n) is 2.49. The van der Waals surface area contributed by atoms with E-state index in [1.807, 2.05) is 42.7 Å². The SMILES string of the molecule is c1ccc(-n2c3ncccc3c3cccnc32)cc1. The van der Waals surface area contributed by atoms with Crippen LogP contribution in [0.3, 0.4) is 0 Å². The van der Waals surface area contributed by atoms with E-state index in [-0.39, 0.29) is 0 Å². The van der Waals surface area contributed by atoms with Crippen molar-refractivity contribution in [2.75, 3.05) is 0 Å². The van der Waals surface area contributed by atoms with Gasteiger partial charge in [0.2, 0.25) is 0 Å². The number of benzene rings is 1. The lowest BCUT2D eigenvalue weighted by atomic mass is 10.2. The molecule has 0 aliphatic carbocycles. The van der Waals surface area contributed by atoms with Crippen LogP contribution in [-0.2, 0) is 0 Å². The molecule has 0 fully saturated rings. The van der Waals surface area contributed by atoms with Crippen molar-refractivity contribution in [3.8, 4) is 5.69 Å². The first-order valence-electron chi connectivity index (χ1n) is 6.21. The summed E-state index contributed by atoms with van der Waals surface area (Å²) in [4.78, 5) is 9.04. The normalized spacial score (nSPS) is 11.2. The maximum absolute atomic E-state index is 4.52. The molecule has 1 aromatic carbocycles. The van der Waals surface area contributed by atoms with Crippen LogP contribution in [-0.4, -0.2) is 14.5 Å². The van der Waals surface area contributed by atoms with Gasteiger partial charge in [0.1, 0.15) is 11.3 Å². The van der Waals surface area contributed by atoms with Gasteiger partial charge < -0.3 is 0 Å². The van der Waals surface area contributed by atoms with Gasteiger partial charge in [0, 0.05) is 28.9 Å².